The molecule has 1 N–H and O–H groups in total. The third-order valence-electron chi connectivity index (χ3n) is 3.56. The Morgan fingerprint density at radius 1 is 1.39 bits per heavy atom. The third kappa shape index (κ3) is 1.70. The summed E-state index contributed by atoms with van der Waals surface area (Å²) in [5.74, 6) is -0.921. The number of carboxylic acid groups (broad SMARTS) is 1. The van der Waals surface area contributed by atoms with Crippen LogP contribution in [-0.2, 0) is 6.42 Å². The Morgan fingerprint density at radius 2 is 2.22 bits per heavy atom. The van der Waals surface area contributed by atoms with Crippen LogP contribution in [-0.4, -0.2) is 20.6 Å². The number of carboxylic acids is 1. The molecule has 1 heterocycles. The van der Waals surface area contributed by atoms with Crippen LogP contribution >= 0.6 is 0 Å². The number of fused-ring (bicyclic) bond motifs is 1. The van der Waals surface area contributed by atoms with Gasteiger partial charge in [-0.2, -0.15) is 0 Å². The van der Waals surface area contributed by atoms with Crippen molar-refractivity contribution in [2.75, 3.05) is 0 Å². The van der Waals surface area contributed by atoms with Gasteiger partial charge in [-0.3, -0.25) is 0 Å². The molecule has 0 saturated heterocycles. The summed E-state index contributed by atoms with van der Waals surface area (Å²) in [6.45, 7) is 0. The lowest BCUT2D eigenvalue weighted by Gasteiger charge is -2.27. The molecule has 4 heteroatoms. The van der Waals surface area contributed by atoms with Crippen LogP contribution in [0.3, 0.4) is 0 Å². The molecule has 0 saturated carbocycles. The van der Waals surface area contributed by atoms with Gasteiger partial charge < -0.3 is 9.67 Å². The largest absolute Gasteiger partial charge is 0.477 e. The lowest BCUT2D eigenvalue weighted by atomic mass is 9.87. The number of hydrogen-bond donors (Lipinski definition) is 1. The van der Waals surface area contributed by atoms with Crippen LogP contribution < -0.4 is 0 Å². The van der Waals surface area contributed by atoms with Gasteiger partial charge in [0.15, 0.2) is 0 Å². The molecule has 1 aliphatic carbocycles. The van der Waals surface area contributed by atoms with Gasteiger partial charge in [-0.25, -0.2) is 9.78 Å². The molecule has 1 aliphatic rings. The fourth-order valence-electron chi connectivity index (χ4n) is 2.74. The van der Waals surface area contributed by atoms with Crippen LogP contribution in [0.4, 0.5) is 0 Å². The van der Waals surface area contributed by atoms with E-state index in [1.165, 1.54) is 17.3 Å². The first-order valence-corrected chi connectivity index (χ1v) is 6.10. The van der Waals surface area contributed by atoms with E-state index in [-0.39, 0.29) is 11.7 Å². The Bertz CT molecular complexity index is 589. The number of rotatable bonds is 2. The van der Waals surface area contributed by atoms with Crippen LogP contribution in [0, 0.1) is 0 Å². The molecule has 1 aromatic carbocycles. The number of imidazole rings is 1. The maximum Gasteiger partial charge on any atom is 0.354 e. The molecule has 1 aromatic heterocycles. The molecule has 0 fully saturated rings. The highest BCUT2D eigenvalue weighted by Gasteiger charge is 2.24. The van der Waals surface area contributed by atoms with Gasteiger partial charge in [0, 0.05) is 0 Å². The summed E-state index contributed by atoms with van der Waals surface area (Å²) in [7, 11) is 0. The molecule has 0 radical (unpaired) electrons. The van der Waals surface area contributed by atoms with Crippen molar-refractivity contribution in [1.29, 1.82) is 0 Å². The summed E-state index contributed by atoms with van der Waals surface area (Å²) in [6, 6.07) is 8.36. The first-order valence-electron chi connectivity index (χ1n) is 6.10. The van der Waals surface area contributed by atoms with Crippen molar-refractivity contribution in [2.24, 2.45) is 0 Å². The van der Waals surface area contributed by atoms with Crippen molar-refractivity contribution in [2.45, 2.75) is 25.3 Å². The minimum Gasteiger partial charge on any atom is -0.477 e. The maximum absolute atomic E-state index is 11.2. The highest BCUT2D eigenvalue weighted by Crippen LogP contribution is 2.33. The summed E-state index contributed by atoms with van der Waals surface area (Å²) < 4.78 is 1.78. The predicted octanol–water partition coefficient (Wildman–Crippen LogP) is 2.51. The standard InChI is InChI=1S/C14H14N2O2/c17-14(18)13-8-15-9-16(13)12-7-3-5-10-4-1-2-6-11(10)12/h1-2,4,6,8-9,12H,3,5,7H2,(H,17,18)/t12-/m1/s1. The average Bonchev–Trinajstić information content (AvgIpc) is 2.87. The van der Waals surface area contributed by atoms with Crippen molar-refractivity contribution in [3.8, 4) is 0 Å². The minimum absolute atomic E-state index is 0.101. The van der Waals surface area contributed by atoms with Crippen molar-refractivity contribution in [3.63, 3.8) is 0 Å². The minimum atomic E-state index is -0.921. The van der Waals surface area contributed by atoms with Crippen molar-refractivity contribution >= 4 is 5.97 Å². The topological polar surface area (TPSA) is 55.1 Å². The molecule has 2 aromatic rings. The highest BCUT2D eigenvalue weighted by molar-refractivity contribution is 5.85. The lowest BCUT2D eigenvalue weighted by molar-refractivity contribution is 0.0683. The molecule has 3 rings (SSSR count). The number of aromatic carboxylic acids is 1. The normalized spacial score (nSPS) is 18.3. The van der Waals surface area contributed by atoms with E-state index >= 15 is 0 Å². The molecule has 92 valence electrons. The average molecular weight is 242 g/mol. The van der Waals surface area contributed by atoms with Gasteiger partial charge in [-0.05, 0) is 30.4 Å². The summed E-state index contributed by atoms with van der Waals surface area (Å²) in [5, 5.41) is 9.17. The number of carbonyl (C=O) groups is 1. The van der Waals surface area contributed by atoms with E-state index in [1.807, 2.05) is 12.1 Å². The zero-order chi connectivity index (χ0) is 12.5. The quantitative estimate of drug-likeness (QED) is 0.880. The fraction of sp³-hybridized carbons (Fsp3) is 0.286. The van der Waals surface area contributed by atoms with Gasteiger partial charge >= 0.3 is 5.97 Å². The smallest absolute Gasteiger partial charge is 0.354 e. The van der Waals surface area contributed by atoms with Crippen molar-refractivity contribution in [1.82, 2.24) is 9.55 Å². The van der Waals surface area contributed by atoms with Gasteiger partial charge in [0.05, 0.1) is 18.6 Å². The zero-order valence-corrected chi connectivity index (χ0v) is 9.91. The molecule has 0 bridgehead atoms. The summed E-state index contributed by atoms with van der Waals surface area (Å²) in [5.41, 5.74) is 2.81. The number of benzene rings is 1. The molecule has 18 heavy (non-hydrogen) atoms. The zero-order valence-electron chi connectivity index (χ0n) is 9.91. The number of aromatic nitrogens is 2. The summed E-state index contributed by atoms with van der Waals surface area (Å²) in [6.07, 6.45) is 6.16. The fourth-order valence-corrected chi connectivity index (χ4v) is 2.74. The van der Waals surface area contributed by atoms with E-state index in [1.54, 1.807) is 10.9 Å². The van der Waals surface area contributed by atoms with E-state index in [2.05, 4.69) is 17.1 Å². The van der Waals surface area contributed by atoms with Crippen LogP contribution in [0.2, 0.25) is 0 Å². The van der Waals surface area contributed by atoms with Crippen LogP contribution in [0.25, 0.3) is 0 Å². The Hall–Kier alpha value is -2.10. The summed E-state index contributed by atoms with van der Waals surface area (Å²) >= 11 is 0. The SMILES string of the molecule is O=C(O)c1cncn1[C@@H]1CCCc2ccccc21. The number of aryl methyl sites for hydroxylation is 1. The lowest BCUT2D eigenvalue weighted by Crippen LogP contribution is -2.20. The summed E-state index contributed by atoms with van der Waals surface area (Å²) in [4.78, 5) is 15.2. The van der Waals surface area contributed by atoms with E-state index in [4.69, 9.17) is 0 Å². The number of nitrogens with zero attached hydrogens (tertiary/aromatic N) is 2. The van der Waals surface area contributed by atoms with Crippen LogP contribution in [0.5, 0.6) is 0 Å². The highest BCUT2D eigenvalue weighted by atomic mass is 16.4. The van der Waals surface area contributed by atoms with Gasteiger partial charge in [0.1, 0.15) is 5.69 Å². The van der Waals surface area contributed by atoms with Crippen molar-refractivity contribution < 1.29 is 9.90 Å². The molecule has 0 amide bonds. The Balaban J connectivity index is 2.08. The van der Waals surface area contributed by atoms with Gasteiger partial charge in [-0.15, -0.1) is 0 Å². The maximum atomic E-state index is 11.2. The van der Waals surface area contributed by atoms with E-state index in [0.29, 0.717) is 0 Å². The van der Waals surface area contributed by atoms with E-state index in [0.717, 1.165) is 19.3 Å². The number of hydrogen-bond acceptors (Lipinski definition) is 2. The Morgan fingerprint density at radius 3 is 3.06 bits per heavy atom. The van der Waals surface area contributed by atoms with Gasteiger partial charge in [-0.1, -0.05) is 24.3 Å². The van der Waals surface area contributed by atoms with Crippen LogP contribution in [0.1, 0.15) is 40.5 Å². The molecule has 0 spiro atoms. The molecule has 0 unspecified atom stereocenters. The van der Waals surface area contributed by atoms with Gasteiger partial charge in [0.25, 0.3) is 0 Å². The third-order valence-corrected chi connectivity index (χ3v) is 3.56. The molecule has 1 atom stereocenters. The molecular weight excluding hydrogens is 228 g/mol. The molecule has 0 aliphatic heterocycles. The van der Waals surface area contributed by atoms with E-state index < -0.39 is 5.97 Å². The van der Waals surface area contributed by atoms with Crippen LogP contribution in [0.15, 0.2) is 36.8 Å². The molecule has 4 nitrogen and oxygen atoms in total. The second kappa shape index (κ2) is 4.29. The molecular formula is C14H14N2O2. The predicted molar refractivity (Wildman–Crippen MR) is 66.7 cm³/mol. The van der Waals surface area contributed by atoms with Crippen molar-refractivity contribution in [3.05, 3.63) is 53.6 Å². The second-order valence-corrected chi connectivity index (χ2v) is 4.60. The monoisotopic (exact) mass is 242 g/mol. The Kier molecular flexibility index (Phi) is 2.63. The Labute approximate surface area is 105 Å². The first-order chi connectivity index (χ1) is 8.77. The van der Waals surface area contributed by atoms with Gasteiger partial charge in [0.2, 0.25) is 0 Å². The first kappa shape index (κ1) is 11.0. The second-order valence-electron chi connectivity index (χ2n) is 4.60. The van der Waals surface area contributed by atoms with E-state index in [9.17, 15) is 9.90 Å².